The fourth-order valence-corrected chi connectivity index (χ4v) is 3.81. The molecular formula is C20H34FIN6. The van der Waals surface area contributed by atoms with E-state index in [9.17, 15) is 4.39 Å². The van der Waals surface area contributed by atoms with Crippen LogP contribution in [0.5, 0.6) is 0 Å². The molecule has 3 rings (SSSR count). The summed E-state index contributed by atoms with van der Waals surface area (Å²) in [6.07, 6.45) is 0. The minimum absolute atomic E-state index is 0. The van der Waals surface area contributed by atoms with Crippen molar-refractivity contribution >= 4 is 35.6 Å². The molecule has 158 valence electrons. The lowest BCUT2D eigenvalue weighted by Crippen LogP contribution is -2.52. The summed E-state index contributed by atoms with van der Waals surface area (Å²) < 4.78 is 13.1. The molecule has 2 saturated heterocycles. The van der Waals surface area contributed by atoms with Crippen LogP contribution in [0.1, 0.15) is 13.8 Å². The molecule has 0 spiro atoms. The van der Waals surface area contributed by atoms with Gasteiger partial charge in [-0.15, -0.1) is 24.0 Å². The van der Waals surface area contributed by atoms with Gasteiger partial charge in [-0.2, -0.15) is 0 Å². The van der Waals surface area contributed by atoms with Gasteiger partial charge in [0, 0.05) is 64.1 Å². The molecule has 2 N–H and O–H groups in total. The zero-order valence-electron chi connectivity index (χ0n) is 17.1. The molecule has 0 radical (unpaired) electrons. The molecule has 2 aliphatic heterocycles. The molecule has 6 nitrogen and oxygen atoms in total. The third-order valence-corrected chi connectivity index (χ3v) is 5.79. The third kappa shape index (κ3) is 6.18. The molecule has 0 bridgehead atoms. The Morgan fingerprint density at radius 3 is 2.21 bits per heavy atom. The number of hydrogen-bond donors (Lipinski definition) is 1. The Bertz CT molecular complexity index is 610. The number of hydrogen-bond acceptors (Lipinski definition) is 4. The number of piperazine rings is 2. The first kappa shape index (κ1) is 23.2. The largest absolute Gasteiger partial charge is 0.370 e. The average Bonchev–Trinajstić information content (AvgIpc) is 2.72. The summed E-state index contributed by atoms with van der Waals surface area (Å²) in [4.78, 5) is 14.1. The van der Waals surface area contributed by atoms with E-state index < -0.39 is 0 Å². The number of aliphatic imine (C=N–C) groups is 1. The fraction of sp³-hybridized carbons (Fsp3) is 0.650. The first-order valence-corrected chi connectivity index (χ1v) is 10.1. The Labute approximate surface area is 185 Å². The Morgan fingerprint density at radius 1 is 1.04 bits per heavy atom. The number of nitrogens with two attached hydrogens (primary N) is 1. The van der Waals surface area contributed by atoms with E-state index in [1.807, 2.05) is 12.1 Å². The second-order valence-electron chi connectivity index (χ2n) is 7.47. The highest BCUT2D eigenvalue weighted by atomic mass is 127. The van der Waals surface area contributed by atoms with Gasteiger partial charge in [-0.25, -0.2) is 4.39 Å². The Hall–Kier alpha value is -1.13. The van der Waals surface area contributed by atoms with Crippen molar-refractivity contribution in [2.24, 2.45) is 10.7 Å². The molecule has 1 unspecified atom stereocenters. The fourth-order valence-electron chi connectivity index (χ4n) is 3.81. The van der Waals surface area contributed by atoms with Gasteiger partial charge in [-0.1, -0.05) is 6.92 Å². The topological polar surface area (TPSA) is 51.3 Å². The van der Waals surface area contributed by atoms with Crippen LogP contribution < -0.4 is 10.6 Å². The van der Waals surface area contributed by atoms with Crippen molar-refractivity contribution < 1.29 is 4.39 Å². The van der Waals surface area contributed by atoms with Gasteiger partial charge in [-0.3, -0.25) is 9.89 Å². The molecule has 2 aliphatic rings. The highest BCUT2D eigenvalue weighted by Crippen LogP contribution is 2.17. The number of halogens is 2. The van der Waals surface area contributed by atoms with Gasteiger partial charge < -0.3 is 20.4 Å². The summed E-state index contributed by atoms with van der Waals surface area (Å²) in [7, 11) is 0. The molecule has 0 amide bonds. The third-order valence-electron chi connectivity index (χ3n) is 5.79. The lowest BCUT2D eigenvalue weighted by Gasteiger charge is -2.38. The normalized spacial score (nSPS) is 20.8. The SMILES string of the molecule is CCN1CCN(C(C)CN=C(N)N2CCN(c3ccc(F)cc3)CC2)CC1.I. The molecule has 1 atom stereocenters. The lowest BCUT2D eigenvalue weighted by molar-refractivity contribution is 0.109. The molecule has 28 heavy (non-hydrogen) atoms. The maximum absolute atomic E-state index is 13.1. The van der Waals surface area contributed by atoms with Crippen LogP contribution >= 0.6 is 24.0 Å². The van der Waals surface area contributed by atoms with Gasteiger partial charge in [0.15, 0.2) is 5.96 Å². The Kier molecular flexibility index (Phi) is 9.23. The van der Waals surface area contributed by atoms with Crippen LogP contribution in [0.3, 0.4) is 0 Å². The van der Waals surface area contributed by atoms with E-state index in [4.69, 9.17) is 5.73 Å². The van der Waals surface area contributed by atoms with Crippen LogP contribution in [-0.4, -0.2) is 92.1 Å². The predicted molar refractivity (Wildman–Crippen MR) is 125 cm³/mol. The van der Waals surface area contributed by atoms with Crippen LogP contribution in [-0.2, 0) is 0 Å². The second kappa shape index (κ2) is 11.2. The molecule has 0 saturated carbocycles. The quantitative estimate of drug-likeness (QED) is 0.377. The number of benzene rings is 1. The van der Waals surface area contributed by atoms with Crippen molar-refractivity contribution in [1.82, 2.24) is 14.7 Å². The van der Waals surface area contributed by atoms with Gasteiger partial charge in [0.05, 0.1) is 6.54 Å². The van der Waals surface area contributed by atoms with Crippen molar-refractivity contribution in [3.8, 4) is 0 Å². The summed E-state index contributed by atoms with van der Waals surface area (Å²) in [5.41, 5.74) is 7.32. The average molecular weight is 504 g/mol. The van der Waals surface area contributed by atoms with Crippen LogP contribution in [0.25, 0.3) is 0 Å². The minimum atomic E-state index is -0.195. The Morgan fingerprint density at radius 2 is 1.64 bits per heavy atom. The van der Waals surface area contributed by atoms with Crippen LogP contribution in [0.15, 0.2) is 29.3 Å². The summed E-state index contributed by atoms with van der Waals surface area (Å²) in [6, 6.07) is 7.12. The number of nitrogens with zero attached hydrogens (tertiary/aromatic N) is 5. The van der Waals surface area contributed by atoms with E-state index in [1.54, 1.807) is 0 Å². The first-order valence-electron chi connectivity index (χ1n) is 10.1. The predicted octanol–water partition coefficient (Wildman–Crippen LogP) is 1.91. The van der Waals surface area contributed by atoms with Crippen molar-refractivity contribution in [3.05, 3.63) is 30.1 Å². The molecule has 1 aromatic carbocycles. The highest BCUT2D eigenvalue weighted by Gasteiger charge is 2.21. The number of guanidine groups is 1. The van der Waals surface area contributed by atoms with Gasteiger partial charge in [0.1, 0.15) is 5.82 Å². The standard InChI is InChI=1S/C20H33FN6.HI/c1-3-24-8-10-25(11-9-24)17(2)16-23-20(22)27-14-12-26(13-15-27)19-6-4-18(21)5-7-19;/h4-7,17H,3,8-16H2,1-2H3,(H2,22,23);1H. The van der Waals surface area contributed by atoms with Crippen LogP contribution in [0.2, 0.25) is 0 Å². The molecule has 1 aromatic rings. The van der Waals surface area contributed by atoms with Gasteiger partial charge in [0.2, 0.25) is 0 Å². The van der Waals surface area contributed by atoms with E-state index in [1.165, 1.54) is 12.1 Å². The number of anilines is 1. The monoisotopic (exact) mass is 504 g/mol. The lowest BCUT2D eigenvalue weighted by atomic mass is 10.2. The molecule has 8 heteroatoms. The molecule has 0 aromatic heterocycles. The van der Waals surface area contributed by atoms with E-state index in [-0.39, 0.29) is 29.8 Å². The zero-order chi connectivity index (χ0) is 19.2. The summed E-state index contributed by atoms with van der Waals surface area (Å²) in [6.45, 7) is 14.3. The first-order chi connectivity index (χ1) is 13.1. The van der Waals surface area contributed by atoms with E-state index >= 15 is 0 Å². The highest BCUT2D eigenvalue weighted by molar-refractivity contribution is 14.0. The second-order valence-corrected chi connectivity index (χ2v) is 7.47. The summed E-state index contributed by atoms with van der Waals surface area (Å²) in [5.74, 6) is 0.451. The van der Waals surface area contributed by atoms with Crippen molar-refractivity contribution in [2.45, 2.75) is 19.9 Å². The smallest absolute Gasteiger partial charge is 0.191 e. The van der Waals surface area contributed by atoms with Crippen LogP contribution in [0.4, 0.5) is 10.1 Å². The van der Waals surface area contributed by atoms with Crippen molar-refractivity contribution in [1.29, 1.82) is 0 Å². The Balaban J connectivity index is 0.00000280. The molecular weight excluding hydrogens is 470 g/mol. The van der Waals surface area contributed by atoms with Crippen molar-refractivity contribution in [3.63, 3.8) is 0 Å². The van der Waals surface area contributed by atoms with Crippen LogP contribution in [0, 0.1) is 5.82 Å². The number of likely N-dealkylation sites (N-methyl/N-ethyl adjacent to an activating group) is 1. The molecule has 2 heterocycles. The maximum atomic E-state index is 13.1. The maximum Gasteiger partial charge on any atom is 0.191 e. The van der Waals surface area contributed by atoms with Gasteiger partial charge >= 0.3 is 0 Å². The summed E-state index contributed by atoms with van der Waals surface area (Å²) in [5, 5.41) is 0. The van der Waals surface area contributed by atoms with E-state index in [2.05, 4.69) is 38.4 Å². The van der Waals surface area contributed by atoms with Gasteiger partial charge in [-0.05, 0) is 37.7 Å². The summed E-state index contributed by atoms with van der Waals surface area (Å²) >= 11 is 0. The zero-order valence-corrected chi connectivity index (χ0v) is 19.4. The van der Waals surface area contributed by atoms with Gasteiger partial charge in [0.25, 0.3) is 0 Å². The molecule has 0 aliphatic carbocycles. The number of rotatable bonds is 5. The molecule has 2 fully saturated rings. The van der Waals surface area contributed by atoms with E-state index in [0.29, 0.717) is 12.0 Å². The minimum Gasteiger partial charge on any atom is -0.370 e. The van der Waals surface area contributed by atoms with E-state index in [0.717, 1.165) is 71.1 Å². The van der Waals surface area contributed by atoms with Crippen molar-refractivity contribution in [2.75, 3.05) is 70.3 Å².